The normalized spacial score (nSPS) is 14.8. The van der Waals surface area contributed by atoms with Crippen molar-refractivity contribution in [3.63, 3.8) is 0 Å². The number of likely N-dealkylation sites (tertiary alicyclic amines) is 1. The number of carbonyl (C=O) groups is 2. The fourth-order valence-corrected chi connectivity index (χ4v) is 3.83. The maximum Gasteiger partial charge on any atom is 0.274 e. The van der Waals surface area contributed by atoms with Crippen molar-refractivity contribution >= 4 is 22.7 Å². The summed E-state index contributed by atoms with van der Waals surface area (Å²) in [5, 5.41) is 11.0. The first-order valence-corrected chi connectivity index (χ1v) is 10.1. The molecular weight excluding hydrogens is 366 g/mol. The predicted molar refractivity (Wildman–Crippen MR) is 110 cm³/mol. The molecule has 0 saturated carbocycles. The molecule has 4 rings (SSSR count). The highest BCUT2D eigenvalue weighted by molar-refractivity contribution is 6.04. The Balaban J connectivity index is 1.22. The maximum absolute atomic E-state index is 12.8. The fourth-order valence-electron chi connectivity index (χ4n) is 3.83. The van der Waals surface area contributed by atoms with Gasteiger partial charge in [-0.15, -0.1) is 0 Å². The number of H-pyrrole nitrogens is 1. The lowest BCUT2D eigenvalue weighted by Crippen LogP contribution is -2.39. The zero-order valence-corrected chi connectivity index (χ0v) is 16.3. The summed E-state index contributed by atoms with van der Waals surface area (Å²) < 4.78 is 0. The third-order valence-electron chi connectivity index (χ3n) is 5.57. The quantitative estimate of drug-likeness (QED) is 0.676. The smallest absolute Gasteiger partial charge is 0.274 e. The molecule has 1 saturated heterocycles. The molecule has 1 aliphatic rings. The molecule has 29 heavy (non-hydrogen) atoms. The van der Waals surface area contributed by atoms with Gasteiger partial charge in [0.2, 0.25) is 5.91 Å². The van der Waals surface area contributed by atoms with E-state index in [1.807, 2.05) is 41.3 Å². The molecule has 0 radical (unpaired) electrons. The minimum atomic E-state index is -0.0184. The molecule has 7 nitrogen and oxygen atoms in total. The van der Waals surface area contributed by atoms with Crippen LogP contribution in [0.2, 0.25) is 0 Å². The van der Waals surface area contributed by atoms with E-state index in [0.29, 0.717) is 37.7 Å². The predicted octanol–water partition coefficient (Wildman–Crippen LogP) is 2.91. The zero-order chi connectivity index (χ0) is 20.1. The van der Waals surface area contributed by atoms with E-state index >= 15 is 0 Å². The molecule has 150 valence electrons. The van der Waals surface area contributed by atoms with E-state index in [1.54, 1.807) is 12.4 Å². The number of hydrogen-bond acceptors (Lipinski definition) is 4. The number of rotatable bonds is 6. The summed E-state index contributed by atoms with van der Waals surface area (Å²) in [6, 6.07) is 11.5. The number of hydrogen-bond donors (Lipinski definition) is 2. The number of piperidine rings is 1. The van der Waals surface area contributed by atoms with Gasteiger partial charge in [0.1, 0.15) is 0 Å². The molecule has 1 aromatic carbocycles. The standard InChI is InChI=1S/C22H25N5O2/c28-20(24-15-17-4-3-11-23-14-17)8-7-16-9-12-27(13-10-16)22(29)21-18-5-1-2-6-19(18)25-26-21/h1-6,11,14,16H,7-10,12-13,15H2,(H,24,28)(H,25,26). The molecule has 0 atom stereocenters. The van der Waals surface area contributed by atoms with Crippen LogP contribution in [0.3, 0.4) is 0 Å². The van der Waals surface area contributed by atoms with Gasteiger partial charge in [-0.1, -0.05) is 24.3 Å². The zero-order valence-electron chi connectivity index (χ0n) is 16.3. The van der Waals surface area contributed by atoms with Crippen LogP contribution in [0.25, 0.3) is 10.9 Å². The molecular formula is C22H25N5O2. The highest BCUT2D eigenvalue weighted by Crippen LogP contribution is 2.24. The van der Waals surface area contributed by atoms with Gasteiger partial charge in [-0.05, 0) is 42.9 Å². The van der Waals surface area contributed by atoms with Crippen molar-refractivity contribution < 1.29 is 9.59 Å². The number of para-hydroxylation sites is 1. The lowest BCUT2D eigenvalue weighted by Gasteiger charge is -2.31. The number of aromatic nitrogens is 3. The van der Waals surface area contributed by atoms with Crippen molar-refractivity contribution in [3.05, 3.63) is 60.0 Å². The Morgan fingerprint density at radius 1 is 1.14 bits per heavy atom. The fraction of sp³-hybridized carbons (Fsp3) is 0.364. The number of nitrogens with one attached hydrogen (secondary N) is 2. The van der Waals surface area contributed by atoms with Crippen molar-refractivity contribution in [2.75, 3.05) is 13.1 Å². The Kier molecular flexibility index (Phi) is 5.84. The van der Waals surface area contributed by atoms with E-state index in [2.05, 4.69) is 20.5 Å². The Hall–Kier alpha value is -3.22. The van der Waals surface area contributed by atoms with Crippen molar-refractivity contribution in [1.82, 2.24) is 25.4 Å². The van der Waals surface area contributed by atoms with Gasteiger partial charge in [-0.2, -0.15) is 5.10 Å². The van der Waals surface area contributed by atoms with E-state index in [0.717, 1.165) is 35.7 Å². The number of pyridine rings is 1. The summed E-state index contributed by atoms with van der Waals surface area (Å²) in [4.78, 5) is 30.9. The molecule has 0 unspecified atom stereocenters. The summed E-state index contributed by atoms with van der Waals surface area (Å²) in [6.07, 6.45) is 6.69. The van der Waals surface area contributed by atoms with Gasteiger partial charge >= 0.3 is 0 Å². The topological polar surface area (TPSA) is 91.0 Å². The molecule has 0 spiro atoms. The summed E-state index contributed by atoms with van der Waals surface area (Å²) in [7, 11) is 0. The van der Waals surface area contributed by atoms with Crippen molar-refractivity contribution in [2.45, 2.75) is 32.2 Å². The highest BCUT2D eigenvalue weighted by Gasteiger charge is 2.26. The maximum atomic E-state index is 12.8. The number of aromatic amines is 1. The van der Waals surface area contributed by atoms with Crippen LogP contribution in [0.1, 0.15) is 41.7 Å². The number of nitrogens with zero attached hydrogens (tertiary/aromatic N) is 3. The van der Waals surface area contributed by atoms with E-state index in [1.165, 1.54) is 0 Å². The third kappa shape index (κ3) is 4.62. The average molecular weight is 391 g/mol. The Bertz CT molecular complexity index is 977. The molecule has 1 fully saturated rings. The first kappa shape index (κ1) is 19.1. The molecule has 2 aromatic heterocycles. The third-order valence-corrected chi connectivity index (χ3v) is 5.57. The second-order valence-electron chi connectivity index (χ2n) is 7.53. The number of fused-ring (bicyclic) bond motifs is 1. The van der Waals surface area contributed by atoms with Gasteiger partial charge in [0, 0.05) is 43.8 Å². The van der Waals surface area contributed by atoms with Crippen LogP contribution in [-0.4, -0.2) is 45.0 Å². The first-order chi connectivity index (χ1) is 14.2. The van der Waals surface area contributed by atoms with Gasteiger partial charge in [0.15, 0.2) is 5.69 Å². The Labute approximate surface area is 169 Å². The van der Waals surface area contributed by atoms with Gasteiger partial charge in [0.05, 0.1) is 5.52 Å². The Morgan fingerprint density at radius 3 is 2.76 bits per heavy atom. The van der Waals surface area contributed by atoms with Crippen LogP contribution >= 0.6 is 0 Å². The molecule has 1 aliphatic heterocycles. The van der Waals surface area contributed by atoms with Crippen LogP contribution in [0.15, 0.2) is 48.8 Å². The molecule has 3 aromatic rings. The van der Waals surface area contributed by atoms with Crippen molar-refractivity contribution in [2.24, 2.45) is 5.92 Å². The molecule has 7 heteroatoms. The van der Waals surface area contributed by atoms with Crippen LogP contribution < -0.4 is 5.32 Å². The van der Waals surface area contributed by atoms with Gasteiger partial charge in [-0.25, -0.2) is 0 Å². The minimum absolute atomic E-state index is 0.0184. The average Bonchev–Trinajstić information content (AvgIpc) is 3.21. The summed E-state index contributed by atoms with van der Waals surface area (Å²) in [6.45, 7) is 1.93. The van der Waals surface area contributed by atoms with Crippen molar-refractivity contribution in [3.8, 4) is 0 Å². The van der Waals surface area contributed by atoms with E-state index in [-0.39, 0.29) is 11.8 Å². The second-order valence-corrected chi connectivity index (χ2v) is 7.53. The summed E-state index contributed by atoms with van der Waals surface area (Å²) >= 11 is 0. The van der Waals surface area contributed by atoms with E-state index in [9.17, 15) is 9.59 Å². The summed E-state index contributed by atoms with van der Waals surface area (Å²) in [5.41, 5.74) is 2.37. The van der Waals surface area contributed by atoms with Gasteiger partial charge in [-0.3, -0.25) is 19.7 Å². The SMILES string of the molecule is O=C(CCC1CCN(C(=O)c2n[nH]c3ccccc23)CC1)NCc1cccnc1. The molecule has 0 bridgehead atoms. The van der Waals surface area contributed by atoms with Crippen LogP contribution in [0.5, 0.6) is 0 Å². The van der Waals surface area contributed by atoms with Crippen LogP contribution in [0, 0.1) is 5.92 Å². The lowest BCUT2D eigenvalue weighted by atomic mass is 9.92. The molecule has 2 amide bonds. The second kappa shape index (κ2) is 8.86. The Morgan fingerprint density at radius 2 is 1.97 bits per heavy atom. The molecule has 3 heterocycles. The van der Waals surface area contributed by atoms with Crippen LogP contribution in [0.4, 0.5) is 0 Å². The summed E-state index contributed by atoms with van der Waals surface area (Å²) in [5.74, 6) is 0.518. The molecule has 0 aliphatic carbocycles. The minimum Gasteiger partial charge on any atom is -0.352 e. The van der Waals surface area contributed by atoms with Crippen molar-refractivity contribution in [1.29, 1.82) is 0 Å². The largest absolute Gasteiger partial charge is 0.352 e. The van der Waals surface area contributed by atoms with E-state index in [4.69, 9.17) is 0 Å². The first-order valence-electron chi connectivity index (χ1n) is 10.1. The molecule has 2 N–H and O–H groups in total. The lowest BCUT2D eigenvalue weighted by molar-refractivity contribution is -0.121. The van der Waals surface area contributed by atoms with Gasteiger partial charge in [0.25, 0.3) is 5.91 Å². The highest BCUT2D eigenvalue weighted by atomic mass is 16.2. The number of carbonyl (C=O) groups excluding carboxylic acids is 2. The number of amides is 2. The van der Waals surface area contributed by atoms with Gasteiger partial charge < -0.3 is 10.2 Å². The van der Waals surface area contributed by atoms with Crippen LogP contribution in [-0.2, 0) is 11.3 Å². The number of benzene rings is 1. The monoisotopic (exact) mass is 391 g/mol. The van der Waals surface area contributed by atoms with E-state index < -0.39 is 0 Å².